The average Bonchev–Trinajstić information content (AvgIpc) is 3.11. The summed E-state index contributed by atoms with van der Waals surface area (Å²) in [5, 5.41) is 14.0. The summed E-state index contributed by atoms with van der Waals surface area (Å²) >= 11 is 4.12. The summed E-state index contributed by atoms with van der Waals surface area (Å²) in [4.78, 5) is 23.8. The molecule has 0 bridgehead atoms. The molecule has 0 saturated carbocycles. The fraction of sp³-hybridized carbons (Fsp3) is 0.444. The number of aromatic nitrogens is 2. The Bertz CT molecular complexity index is 767. The van der Waals surface area contributed by atoms with Crippen LogP contribution in [0.25, 0.3) is 0 Å². The maximum Gasteiger partial charge on any atom is 0.230 e. The van der Waals surface area contributed by atoms with Gasteiger partial charge in [-0.15, -0.1) is 10.2 Å². The van der Waals surface area contributed by atoms with Gasteiger partial charge in [0.2, 0.25) is 11.8 Å². The number of rotatable bonds is 10. The van der Waals surface area contributed by atoms with E-state index in [0.717, 1.165) is 26.2 Å². The van der Waals surface area contributed by atoms with Crippen LogP contribution in [0.15, 0.2) is 32.9 Å². The van der Waals surface area contributed by atoms with Crippen LogP contribution in [0.1, 0.15) is 37.4 Å². The van der Waals surface area contributed by atoms with Gasteiger partial charge in [0.05, 0.1) is 17.5 Å². The molecule has 9 heteroatoms. The van der Waals surface area contributed by atoms with Gasteiger partial charge in [-0.1, -0.05) is 66.0 Å². The van der Waals surface area contributed by atoms with Gasteiger partial charge >= 0.3 is 0 Å². The minimum absolute atomic E-state index is 0.00387. The third-order valence-electron chi connectivity index (χ3n) is 3.65. The first-order valence-corrected chi connectivity index (χ1v) is 11.5. The number of nitrogens with zero attached hydrogens (tertiary/aromatic N) is 2. The van der Waals surface area contributed by atoms with Crippen LogP contribution < -0.4 is 10.6 Å². The summed E-state index contributed by atoms with van der Waals surface area (Å²) < 4.78 is 1.46. The minimum atomic E-state index is -0.0425. The molecule has 1 atom stereocenters. The van der Waals surface area contributed by atoms with E-state index in [0.29, 0.717) is 12.3 Å². The molecule has 1 aromatic heterocycles. The van der Waals surface area contributed by atoms with Crippen molar-refractivity contribution in [1.29, 1.82) is 0 Å². The first-order valence-electron chi connectivity index (χ1n) is 8.70. The molecule has 0 unspecified atom stereocenters. The highest BCUT2D eigenvalue weighted by Crippen LogP contribution is 2.28. The van der Waals surface area contributed by atoms with Crippen LogP contribution in [0.5, 0.6) is 0 Å². The highest BCUT2D eigenvalue weighted by molar-refractivity contribution is 8.03. The number of hydrogen-bond donors (Lipinski definition) is 2. The lowest BCUT2D eigenvalue weighted by atomic mass is 10.0. The topological polar surface area (TPSA) is 84.0 Å². The number of aryl methyl sites for hydroxylation is 1. The molecular weight excluding hydrogens is 400 g/mol. The smallest absolute Gasteiger partial charge is 0.230 e. The van der Waals surface area contributed by atoms with E-state index in [9.17, 15) is 9.59 Å². The molecule has 146 valence electrons. The Morgan fingerprint density at radius 3 is 2.37 bits per heavy atom. The molecule has 0 fully saturated rings. The van der Waals surface area contributed by atoms with Gasteiger partial charge in [0, 0.05) is 6.54 Å². The van der Waals surface area contributed by atoms with Gasteiger partial charge in [-0.3, -0.25) is 9.59 Å². The minimum Gasteiger partial charge on any atom is -0.355 e. The summed E-state index contributed by atoms with van der Waals surface area (Å²) in [6, 6.07) is 7.99. The maximum atomic E-state index is 12.2. The van der Waals surface area contributed by atoms with E-state index in [1.807, 2.05) is 45.0 Å². The Morgan fingerprint density at radius 1 is 1.11 bits per heavy atom. The first kappa shape index (κ1) is 21.7. The monoisotopic (exact) mass is 424 g/mol. The van der Waals surface area contributed by atoms with Gasteiger partial charge in [-0.2, -0.15) is 0 Å². The molecule has 0 spiro atoms. The number of carbonyl (C=O) groups is 2. The van der Waals surface area contributed by atoms with E-state index in [4.69, 9.17) is 0 Å². The predicted molar refractivity (Wildman–Crippen MR) is 112 cm³/mol. The van der Waals surface area contributed by atoms with Crippen molar-refractivity contribution in [3.05, 3.63) is 35.4 Å². The number of benzene rings is 1. The van der Waals surface area contributed by atoms with Crippen molar-refractivity contribution in [1.82, 2.24) is 20.8 Å². The second kappa shape index (κ2) is 11.3. The molecule has 2 aromatic rings. The van der Waals surface area contributed by atoms with Crippen molar-refractivity contribution in [2.24, 2.45) is 0 Å². The Kier molecular flexibility index (Phi) is 9.09. The third-order valence-corrected chi connectivity index (χ3v) is 6.84. The summed E-state index contributed by atoms with van der Waals surface area (Å²) in [6.45, 7) is 6.72. The molecule has 2 amide bonds. The summed E-state index contributed by atoms with van der Waals surface area (Å²) in [6.07, 6.45) is 0.917. The number of hydrogen-bond acceptors (Lipinski definition) is 7. The quantitative estimate of drug-likeness (QED) is 0.569. The van der Waals surface area contributed by atoms with Crippen molar-refractivity contribution in [2.45, 2.75) is 41.9 Å². The molecule has 2 rings (SSSR count). The summed E-state index contributed by atoms with van der Waals surface area (Å²) in [5.74, 6) is 0.565. The number of carbonyl (C=O) groups excluding carboxylic acids is 2. The second-order valence-electron chi connectivity index (χ2n) is 5.91. The molecule has 1 heterocycles. The SMILES string of the molecule is CCCNC(=O)CSc1nnc(SCC(=O)N[C@@H](C)c2ccccc2C)s1. The molecular formula is C18H24N4O2S3. The van der Waals surface area contributed by atoms with E-state index in [1.165, 1.54) is 34.9 Å². The average molecular weight is 425 g/mol. The van der Waals surface area contributed by atoms with Gasteiger partial charge in [-0.05, 0) is 31.4 Å². The van der Waals surface area contributed by atoms with E-state index in [-0.39, 0.29) is 23.6 Å². The van der Waals surface area contributed by atoms with Crippen LogP contribution >= 0.6 is 34.9 Å². The van der Waals surface area contributed by atoms with Crippen LogP contribution in [0.3, 0.4) is 0 Å². The van der Waals surface area contributed by atoms with Gasteiger partial charge in [-0.25, -0.2) is 0 Å². The zero-order chi connectivity index (χ0) is 19.6. The van der Waals surface area contributed by atoms with Crippen LogP contribution in [-0.2, 0) is 9.59 Å². The summed E-state index contributed by atoms with van der Waals surface area (Å²) in [7, 11) is 0. The molecule has 6 nitrogen and oxygen atoms in total. The van der Waals surface area contributed by atoms with Crippen LogP contribution in [-0.4, -0.2) is 40.1 Å². The first-order chi connectivity index (χ1) is 13.0. The largest absolute Gasteiger partial charge is 0.355 e. The van der Waals surface area contributed by atoms with Gasteiger partial charge in [0.15, 0.2) is 8.68 Å². The molecule has 0 radical (unpaired) electrons. The lowest BCUT2D eigenvalue weighted by Gasteiger charge is -2.16. The Labute approximate surface area is 172 Å². The number of amides is 2. The Morgan fingerprint density at radius 2 is 1.74 bits per heavy atom. The Hall–Kier alpha value is -1.58. The van der Waals surface area contributed by atoms with E-state index >= 15 is 0 Å². The highest BCUT2D eigenvalue weighted by atomic mass is 32.2. The fourth-order valence-electron chi connectivity index (χ4n) is 2.32. The maximum absolute atomic E-state index is 12.2. The lowest BCUT2D eigenvalue weighted by Crippen LogP contribution is -2.28. The number of thioether (sulfide) groups is 2. The normalized spacial score (nSPS) is 11.8. The third kappa shape index (κ3) is 7.51. The van der Waals surface area contributed by atoms with E-state index < -0.39 is 0 Å². The number of nitrogens with one attached hydrogen (secondary N) is 2. The van der Waals surface area contributed by atoms with Crippen LogP contribution in [0, 0.1) is 6.92 Å². The molecule has 2 N–H and O–H groups in total. The van der Waals surface area contributed by atoms with Gasteiger partial charge in [0.1, 0.15) is 0 Å². The van der Waals surface area contributed by atoms with Gasteiger partial charge < -0.3 is 10.6 Å². The molecule has 0 aliphatic rings. The molecule has 0 aliphatic carbocycles. The summed E-state index contributed by atoms with van der Waals surface area (Å²) in [5.41, 5.74) is 2.28. The van der Waals surface area contributed by atoms with E-state index in [1.54, 1.807) is 0 Å². The van der Waals surface area contributed by atoms with Gasteiger partial charge in [0.25, 0.3) is 0 Å². The zero-order valence-corrected chi connectivity index (χ0v) is 18.1. The Balaban J connectivity index is 1.75. The van der Waals surface area contributed by atoms with Crippen molar-refractivity contribution < 1.29 is 9.59 Å². The van der Waals surface area contributed by atoms with E-state index in [2.05, 4.69) is 20.8 Å². The van der Waals surface area contributed by atoms with Crippen LogP contribution in [0.2, 0.25) is 0 Å². The zero-order valence-electron chi connectivity index (χ0n) is 15.7. The van der Waals surface area contributed by atoms with Crippen LogP contribution in [0.4, 0.5) is 0 Å². The lowest BCUT2D eigenvalue weighted by molar-refractivity contribution is -0.119. The van der Waals surface area contributed by atoms with Crippen molar-refractivity contribution >= 4 is 46.7 Å². The molecule has 1 aromatic carbocycles. The molecule has 0 aliphatic heterocycles. The standard InChI is InChI=1S/C18H24N4O2S3/c1-4-9-19-15(23)10-25-17-21-22-18(27-17)26-11-16(24)20-13(3)14-8-6-5-7-12(14)2/h5-8,13H,4,9-11H2,1-3H3,(H,19,23)(H,20,24)/t13-/m0/s1. The van der Waals surface area contributed by atoms with Crippen molar-refractivity contribution in [2.75, 3.05) is 18.1 Å². The fourth-order valence-corrected chi connectivity index (χ4v) is 4.98. The molecule has 0 saturated heterocycles. The molecule has 27 heavy (non-hydrogen) atoms. The second-order valence-corrected chi connectivity index (χ2v) is 9.33. The predicted octanol–water partition coefficient (Wildman–Crippen LogP) is 3.43. The highest BCUT2D eigenvalue weighted by Gasteiger charge is 2.13. The van der Waals surface area contributed by atoms with Crippen molar-refractivity contribution in [3.8, 4) is 0 Å². The van der Waals surface area contributed by atoms with Crippen molar-refractivity contribution in [3.63, 3.8) is 0 Å².